The van der Waals surface area contributed by atoms with E-state index in [2.05, 4.69) is 6.07 Å². The first-order valence-electron chi connectivity index (χ1n) is 5.80. The van der Waals surface area contributed by atoms with Gasteiger partial charge in [-0.15, -0.1) is 0 Å². The smallest absolute Gasteiger partial charge is 0.0624 e. The second kappa shape index (κ2) is 9.56. The molecule has 0 unspecified atom stereocenters. The Morgan fingerprint density at radius 3 is 1.64 bits per heavy atom. The normalized spacial score (nSPS) is 20.5. The molecule has 0 aromatic carbocycles. The van der Waals surface area contributed by atoms with Crippen molar-refractivity contribution in [2.45, 2.75) is 64.2 Å². The summed E-state index contributed by atoms with van der Waals surface area (Å²) in [4.78, 5) is 0. The zero-order chi connectivity index (χ0) is 9.36. The monoisotopic (exact) mass is 235 g/mol. The molecule has 2 saturated carbocycles. The Balaban J connectivity index is 0.000000246. The zero-order valence-corrected chi connectivity index (χ0v) is 10.1. The molecule has 0 bridgehead atoms. The minimum Gasteiger partial charge on any atom is -0.198 e. The molecule has 1 nitrogen and oxygen atoms in total. The average molecular weight is 235 g/mol. The number of nitriles is 1. The van der Waals surface area contributed by atoms with Gasteiger partial charge in [0.2, 0.25) is 0 Å². The van der Waals surface area contributed by atoms with Crippen LogP contribution in [-0.2, 0) is 17.1 Å². The van der Waals surface area contributed by atoms with Crippen LogP contribution in [0.5, 0.6) is 0 Å². The van der Waals surface area contributed by atoms with Gasteiger partial charge in [-0.25, -0.2) is 0 Å². The van der Waals surface area contributed by atoms with Gasteiger partial charge in [0.15, 0.2) is 0 Å². The molecule has 2 aliphatic rings. The first-order valence-corrected chi connectivity index (χ1v) is 5.80. The standard InChI is InChI=1S/C7H11N.C5H10.Fe/c8-6-5-7-3-1-2-4-7;1-2-4-5-3-1;/h7H,1-5H2;1-5H2;. The summed E-state index contributed by atoms with van der Waals surface area (Å²) in [7, 11) is 0. The molecule has 2 aliphatic carbocycles. The fourth-order valence-corrected chi connectivity index (χ4v) is 2.23. The minimum absolute atomic E-state index is 0. The maximum atomic E-state index is 8.28. The third-order valence-electron chi connectivity index (χ3n) is 3.10. The van der Waals surface area contributed by atoms with Crippen LogP contribution in [0.3, 0.4) is 0 Å². The van der Waals surface area contributed by atoms with Crippen LogP contribution in [0.2, 0.25) is 0 Å². The van der Waals surface area contributed by atoms with E-state index in [9.17, 15) is 0 Å². The third kappa shape index (κ3) is 6.46. The summed E-state index contributed by atoms with van der Waals surface area (Å²) in [6.07, 6.45) is 13.6. The van der Waals surface area contributed by atoms with Crippen LogP contribution in [0.25, 0.3) is 0 Å². The van der Waals surface area contributed by atoms with E-state index < -0.39 is 0 Å². The fraction of sp³-hybridized carbons (Fsp3) is 0.917. The van der Waals surface area contributed by atoms with Gasteiger partial charge in [-0.1, -0.05) is 44.9 Å². The summed E-state index contributed by atoms with van der Waals surface area (Å²) in [5.41, 5.74) is 0. The van der Waals surface area contributed by atoms with Crippen molar-refractivity contribution in [2.24, 2.45) is 5.92 Å². The van der Waals surface area contributed by atoms with Gasteiger partial charge in [-0.2, -0.15) is 5.26 Å². The molecule has 2 rings (SSSR count). The Labute approximate surface area is 98.7 Å². The Bertz CT molecular complexity index is 145. The molecule has 0 aromatic heterocycles. The first kappa shape index (κ1) is 14.0. The van der Waals surface area contributed by atoms with Crippen molar-refractivity contribution in [1.29, 1.82) is 5.26 Å². The van der Waals surface area contributed by atoms with Crippen molar-refractivity contribution in [3.05, 3.63) is 0 Å². The van der Waals surface area contributed by atoms with Crippen LogP contribution in [-0.4, -0.2) is 0 Å². The van der Waals surface area contributed by atoms with Gasteiger partial charge in [-0.3, -0.25) is 0 Å². The molecule has 0 atom stereocenters. The van der Waals surface area contributed by atoms with Crippen LogP contribution in [0.1, 0.15) is 64.2 Å². The largest absolute Gasteiger partial charge is 0.198 e. The SMILES string of the molecule is C1CCCC1.N#CCC1CCCC1.[Fe]. The molecule has 0 aliphatic heterocycles. The van der Waals surface area contributed by atoms with E-state index in [0.717, 1.165) is 12.3 Å². The van der Waals surface area contributed by atoms with Gasteiger partial charge in [0, 0.05) is 23.5 Å². The summed E-state index contributed by atoms with van der Waals surface area (Å²) >= 11 is 0. The second-order valence-corrected chi connectivity index (χ2v) is 4.28. The van der Waals surface area contributed by atoms with Gasteiger partial charge in [0.25, 0.3) is 0 Å². The summed E-state index contributed by atoms with van der Waals surface area (Å²) in [6.45, 7) is 0. The maximum Gasteiger partial charge on any atom is 0.0624 e. The van der Waals surface area contributed by atoms with E-state index in [1.807, 2.05) is 0 Å². The molecular weight excluding hydrogens is 214 g/mol. The van der Waals surface area contributed by atoms with E-state index in [0.29, 0.717) is 0 Å². The van der Waals surface area contributed by atoms with Gasteiger partial charge >= 0.3 is 0 Å². The van der Waals surface area contributed by atoms with Crippen LogP contribution in [0.15, 0.2) is 0 Å². The molecule has 82 valence electrons. The number of hydrogen-bond donors (Lipinski definition) is 0. The van der Waals surface area contributed by atoms with Gasteiger partial charge in [0.05, 0.1) is 6.07 Å². The molecule has 0 N–H and O–H groups in total. The maximum absolute atomic E-state index is 8.28. The van der Waals surface area contributed by atoms with Gasteiger partial charge < -0.3 is 0 Å². The predicted octanol–water partition coefficient (Wildman–Crippen LogP) is 4.04. The summed E-state index contributed by atoms with van der Waals surface area (Å²) in [5.74, 6) is 0.750. The molecule has 0 heterocycles. The number of rotatable bonds is 1. The van der Waals surface area contributed by atoms with E-state index in [1.54, 1.807) is 0 Å². The molecule has 2 heteroatoms. The molecule has 0 radical (unpaired) electrons. The quantitative estimate of drug-likeness (QED) is 0.629. The van der Waals surface area contributed by atoms with Crippen molar-refractivity contribution in [3.8, 4) is 6.07 Å². The summed E-state index contributed by atoms with van der Waals surface area (Å²) in [5, 5.41) is 8.28. The Kier molecular flexibility index (Phi) is 9.57. The summed E-state index contributed by atoms with van der Waals surface area (Å²) < 4.78 is 0. The minimum atomic E-state index is 0. The zero-order valence-electron chi connectivity index (χ0n) is 8.95. The molecule has 14 heavy (non-hydrogen) atoms. The van der Waals surface area contributed by atoms with E-state index in [4.69, 9.17) is 5.26 Å². The molecule has 0 saturated heterocycles. The van der Waals surface area contributed by atoms with Crippen LogP contribution in [0, 0.1) is 17.2 Å². The Morgan fingerprint density at radius 1 is 0.857 bits per heavy atom. The van der Waals surface area contributed by atoms with Crippen molar-refractivity contribution in [1.82, 2.24) is 0 Å². The van der Waals surface area contributed by atoms with Crippen molar-refractivity contribution in [3.63, 3.8) is 0 Å². The molecular formula is C12H21FeN. The van der Waals surface area contributed by atoms with Crippen molar-refractivity contribution >= 4 is 0 Å². The van der Waals surface area contributed by atoms with E-state index in [1.165, 1.54) is 57.8 Å². The van der Waals surface area contributed by atoms with Crippen LogP contribution in [0.4, 0.5) is 0 Å². The van der Waals surface area contributed by atoms with Crippen molar-refractivity contribution < 1.29 is 17.1 Å². The van der Waals surface area contributed by atoms with Crippen molar-refractivity contribution in [2.75, 3.05) is 0 Å². The van der Waals surface area contributed by atoms with Crippen LogP contribution >= 0.6 is 0 Å². The Hall–Kier alpha value is 0.00948. The van der Waals surface area contributed by atoms with E-state index in [-0.39, 0.29) is 17.1 Å². The molecule has 2 fully saturated rings. The van der Waals surface area contributed by atoms with Crippen LogP contribution < -0.4 is 0 Å². The fourth-order valence-electron chi connectivity index (χ4n) is 2.23. The van der Waals surface area contributed by atoms with Gasteiger partial charge in [-0.05, 0) is 18.8 Å². The predicted molar refractivity (Wildman–Crippen MR) is 55.3 cm³/mol. The second-order valence-electron chi connectivity index (χ2n) is 4.28. The van der Waals surface area contributed by atoms with E-state index >= 15 is 0 Å². The topological polar surface area (TPSA) is 23.8 Å². The Morgan fingerprint density at radius 2 is 1.29 bits per heavy atom. The number of hydrogen-bond acceptors (Lipinski definition) is 1. The average Bonchev–Trinajstić information content (AvgIpc) is 2.79. The first-order chi connectivity index (χ1) is 6.43. The third-order valence-corrected chi connectivity index (χ3v) is 3.10. The molecule has 0 aromatic rings. The van der Waals surface area contributed by atoms with Gasteiger partial charge in [0.1, 0.15) is 0 Å². The molecule has 0 amide bonds. The molecule has 0 spiro atoms. The summed E-state index contributed by atoms with van der Waals surface area (Å²) in [6, 6.07) is 2.21. The number of nitrogens with zero attached hydrogens (tertiary/aromatic N) is 1.